The van der Waals surface area contributed by atoms with E-state index in [1.165, 1.54) is 18.7 Å². The normalized spacial score (nSPS) is 11.4. The largest absolute Gasteiger partial charge is 0.360 e. The van der Waals surface area contributed by atoms with Gasteiger partial charge in [-0.3, -0.25) is 13.9 Å². The molecule has 0 atom stereocenters. The van der Waals surface area contributed by atoms with Gasteiger partial charge < -0.3 is 9.97 Å². The van der Waals surface area contributed by atoms with Crippen molar-refractivity contribution in [2.75, 3.05) is 0 Å². The van der Waals surface area contributed by atoms with Gasteiger partial charge in [-0.05, 0) is 6.07 Å². The summed E-state index contributed by atoms with van der Waals surface area (Å²) in [5, 5.41) is 1.06. The summed E-state index contributed by atoms with van der Waals surface area (Å²) >= 11 is 0. The molecule has 120 valence electrons. The number of aryl methyl sites for hydroxylation is 1. The number of hydrogen-bond acceptors (Lipinski definition) is 4. The maximum atomic E-state index is 12.6. The molecule has 0 aliphatic carbocycles. The Morgan fingerprint density at radius 3 is 2.58 bits per heavy atom. The Hall–Kier alpha value is -3.42. The SMILES string of the molecule is Cn1c(=O)c2c(-c3c[nH]c4ccccc34)[nH]c(=O)nc2n(C)c1=O. The Balaban J connectivity index is 2.27. The molecule has 0 spiro atoms. The topological polar surface area (TPSA) is 106 Å². The van der Waals surface area contributed by atoms with Gasteiger partial charge in [0.2, 0.25) is 0 Å². The molecule has 0 amide bonds. The van der Waals surface area contributed by atoms with Crippen LogP contribution in [0.1, 0.15) is 0 Å². The Morgan fingerprint density at radius 2 is 1.79 bits per heavy atom. The van der Waals surface area contributed by atoms with Crippen molar-refractivity contribution in [3.05, 3.63) is 61.8 Å². The van der Waals surface area contributed by atoms with Crippen LogP contribution in [0.25, 0.3) is 33.2 Å². The molecule has 0 unspecified atom stereocenters. The summed E-state index contributed by atoms with van der Waals surface area (Å²) in [6, 6.07) is 7.54. The van der Waals surface area contributed by atoms with Crippen molar-refractivity contribution in [1.82, 2.24) is 24.1 Å². The van der Waals surface area contributed by atoms with Crippen molar-refractivity contribution in [3.63, 3.8) is 0 Å². The number of H-pyrrole nitrogens is 2. The highest BCUT2D eigenvalue weighted by atomic mass is 16.2. The van der Waals surface area contributed by atoms with Crippen molar-refractivity contribution < 1.29 is 0 Å². The maximum absolute atomic E-state index is 12.6. The lowest BCUT2D eigenvalue weighted by Gasteiger charge is -2.09. The van der Waals surface area contributed by atoms with E-state index in [4.69, 9.17) is 0 Å². The van der Waals surface area contributed by atoms with E-state index in [2.05, 4.69) is 15.0 Å². The van der Waals surface area contributed by atoms with Gasteiger partial charge in [0.15, 0.2) is 5.65 Å². The second kappa shape index (κ2) is 4.79. The fourth-order valence-electron chi connectivity index (χ4n) is 2.96. The highest BCUT2D eigenvalue weighted by Crippen LogP contribution is 2.29. The zero-order valence-electron chi connectivity index (χ0n) is 13.0. The summed E-state index contributed by atoms with van der Waals surface area (Å²) < 4.78 is 2.20. The molecule has 0 aliphatic rings. The van der Waals surface area contributed by atoms with Crippen LogP contribution in [0.15, 0.2) is 44.8 Å². The van der Waals surface area contributed by atoms with Gasteiger partial charge in [0.25, 0.3) is 5.56 Å². The van der Waals surface area contributed by atoms with E-state index < -0.39 is 16.9 Å². The molecule has 3 heterocycles. The predicted molar refractivity (Wildman–Crippen MR) is 90.1 cm³/mol. The summed E-state index contributed by atoms with van der Waals surface area (Å²) in [7, 11) is 2.88. The minimum atomic E-state index is -0.619. The second-order valence-corrected chi connectivity index (χ2v) is 5.57. The molecule has 0 aliphatic heterocycles. The van der Waals surface area contributed by atoms with Crippen molar-refractivity contribution in [1.29, 1.82) is 0 Å². The number of para-hydroxylation sites is 1. The first-order chi connectivity index (χ1) is 11.5. The molecule has 0 bridgehead atoms. The van der Waals surface area contributed by atoms with Gasteiger partial charge in [0.05, 0.1) is 5.69 Å². The lowest BCUT2D eigenvalue weighted by molar-refractivity contribution is 0.705. The van der Waals surface area contributed by atoms with Gasteiger partial charge in [-0.1, -0.05) is 18.2 Å². The fraction of sp³-hybridized carbons (Fsp3) is 0.125. The van der Waals surface area contributed by atoms with Crippen LogP contribution in [-0.2, 0) is 14.1 Å². The molecule has 1 aromatic carbocycles. The first-order valence-corrected chi connectivity index (χ1v) is 7.25. The zero-order valence-corrected chi connectivity index (χ0v) is 13.0. The smallest absolute Gasteiger partial charge is 0.347 e. The Labute approximate surface area is 134 Å². The van der Waals surface area contributed by atoms with E-state index in [-0.39, 0.29) is 11.0 Å². The molecule has 0 saturated heterocycles. The number of nitrogens with one attached hydrogen (secondary N) is 2. The molecular formula is C16H13N5O3. The quantitative estimate of drug-likeness (QED) is 0.531. The number of aromatic amines is 2. The third-order valence-corrected chi connectivity index (χ3v) is 4.18. The average Bonchev–Trinajstić information content (AvgIpc) is 3.01. The first-order valence-electron chi connectivity index (χ1n) is 7.25. The van der Waals surface area contributed by atoms with Crippen molar-refractivity contribution in [2.24, 2.45) is 14.1 Å². The number of nitrogens with zero attached hydrogens (tertiary/aromatic N) is 3. The van der Waals surface area contributed by atoms with Gasteiger partial charge >= 0.3 is 11.4 Å². The highest BCUT2D eigenvalue weighted by Gasteiger charge is 2.18. The summed E-state index contributed by atoms with van der Waals surface area (Å²) in [5.41, 5.74) is 0.301. The second-order valence-electron chi connectivity index (χ2n) is 5.57. The van der Waals surface area contributed by atoms with Crippen molar-refractivity contribution in [2.45, 2.75) is 0 Å². The number of aromatic nitrogens is 5. The molecule has 2 N–H and O–H groups in total. The Kier molecular flexibility index (Phi) is 2.83. The van der Waals surface area contributed by atoms with Crippen LogP contribution in [0, 0.1) is 0 Å². The summed E-state index contributed by atoms with van der Waals surface area (Å²) in [4.78, 5) is 46.3. The summed E-state index contributed by atoms with van der Waals surface area (Å²) in [6.45, 7) is 0. The van der Waals surface area contributed by atoms with Crippen molar-refractivity contribution in [3.8, 4) is 11.3 Å². The van der Waals surface area contributed by atoms with E-state index >= 15 is 0 Å². The van der Waals surface area contributed by atoms with Crippen LogP contribution in [0.4, 0.5) is 0 Å². The van der Waals surface area contributed by atoms with Crippen LogP contribution in [0.5, 0.6) is 0 Å². The third kappa shape index (κ3) is 1.79. The number of benzene rings is 1. The van der Waals surface area contributed by atoms with Gasteiger partial charge in [-0.25, -0.2) is 9.59 Å². The van der Waals surface area contributed by atoms with E-state index in [1.54, 1.807) is 6.20 Å². The lowest BCUT2D eigenvalue weighted by atomic mass is 10.1. The van der Waals surface area contributed by atoms with Crippen LogP contribution >= 0.6 is 0 Å². The molecule has 4 rings (SSSR count). The summed E-state index contributed by atoms with van der Waals surface area (Å²) in [6.07, 6.45) is 1.72. The van der Waals surface area contributed by atoms with Crippen LogP contribution in [-0.4, -0.2) is 24.1 Å². The third-order valence-electron chi connectivity index (χ3n) is 4.18. The zero-order chi connectivity index (χ0) is 17.0. The van der Waals surface area contributed by atoms with Gasteiger partial charge in [0.1, 0.15) is 5.39 Å². The van der Waals surface area contributed by atoms with Crippen LogP contribution < -0.4 is 16.9 Å². The number of rotatable bonds is 1. The molecule has 0 radical (unpaired) electrons. The first kappa shape index (κ1) is 14.2. The molecule has 24 heavy (non-hydrogen) atoms. The molecule has 4 aromatic rings. The Bertz CT molecular complexity index is 1290. The van der Waals surface area contributed by atoms with E-state index in [0.29, 0.717) is 11.3 Å². The van der Waals surface area contributed by atoms with E-state index in [9.17, 15) is 14.4 Å². The summed E-state index contributed by atoms with van der Waals surface area (Å²) in [5.74, 6) is 0. The van der Waals surface area contributed by atoms with Gasteiger partial charge in [-0.2, -0.15) is 4.98 Å². The van der Waals surface area contributed by atoms with Crippen LogP contribution in [0.2, 0.25) is 0 Å². The standard InChI is InChI=1S/C16H13N5O3/c1-20-13-11(14(22)21(2)16(20)24)12(18-15(23)19-13)9-7-17-10-6-4-3-5-8(9)10/h3-7,17H,1-2H3,(H,18,19,23). The Morgan fingerprint density at radius 1 is 1.04 bits per heavy atom. The van der Waals surface area contributed by atoms with E-state index in [0.717, 1.165) is 15.5 Å². The molecule has 0 fully saturated rings. The van der Waals surface area contributed by atoms with E-state index in [1.807, 2.05) is 24.3 Å². The number of hydrogen-bond donors (Lipinski definition) is 2. The molecule has 8 nitrogen and oxygen atoms in total. The monoisotopic (exact) mass is 323 g/mol. The molecular weight excluding hydrogens is 310 g/mol. The highest BCUT2D eigenvalue weighted by molar-refractivity contribution is 6.01. The fourth-order valence-corrected chi connectivity index (χ4v) is 2.96. The molecule has 0 saturated carbocycles. The number of fused-ring (bicyclic) bond motifs is 2. The minimum absolute atomic E-state index is 0.0622. The van der Waals surface area contributed by atoms with Gasteiger partial charge in [0, 0.05) is 36.8 Å². The lowest BCUT2D eigenvalue weighted by Crippen LogP contribution is -2.38. The van der Waals surface area contributed by atoms with Gasteiger partial charge in [-0.15, -0.1) is 0 Å². The van der Waals surface area contributed by atoms with Crippen LogP contribution in [0.3, 0.4) is 0 Å². The molecule has 3 aromatic heterocycles. The average molecular weight is 323 g/mol. The minimum Gasteiger partial charge on any atom is -0.360 e. The maximum Gasteiger partial charge on any atom is 0.347 e. The van der Waals surface area contributed by atoms with Crippen molar-refractivity contribution >= 4 is 21.9 Å². The molecule has 8 heteroatoms. The predicted octanol–water partition coefficient (Wildman–Crippen LogP) is 0.469.